The van der Waals surface area contributed by atoms with Crippen LogP contribution >= 0.6 is 12.4 Å². The van der Waals surface area contributed by atoms with Gasteiger partial charge in [0, 0.05) is 18.4 Å². The molecule has 2 atom stereocenters. The Bertz CT molecular complexity index is 711. The zero-order valence-electron chi connectivity index (χ0n) is 13.7. The molecule has 2 bridgehead atoms. The lowest BCUT2D eigenvalue weighted by Gasteiger charge is -2.45. The predicted molar refractivity (Wildman–Crippen MR) is 98.6 cm³/mol. The summed E-state index contributed by atoms with van der Waals surface area (Å²) in [6.07, 6.45) is 1.10. The third-order valence-electron chi connectivity index (χ3n) is 5.37. The molecule has 0 saturated carbocycles. The summed E-state index contributed by atoms with van der Waals surface area (Å²) in [6.45, 7) is 2.43. The van der Waals surface area contributed by atoms with Gasteiger partial charge in [-0.2, -0.15) is 0 Å². The van der Waals surface area contributed by atoms with Crippen LogP contribution in [-0.2, 0) is 4.79 Å². The van der Waals surface area contributed by atoms with E-state index in [1.807, 2.05) is 0 Å². The van der Waals surface area contributed by atoms with E-state index in [1.54, 1.807) is 6.92 Å². The Balaban J connectivity index is 0.00000169. The molecule has 3 N–H and O–H groups in total. The summed E-state index contributed by atoms with van der Waals surface area (Å²) in [6, 6.07) is 17.1. The molecule has 24 heavy (non-hydrogen) atoms. The van der Waals surface area contributed by atoms with Crippen molar-refractivity contribution in [2.75, 3.05) is 6.54 Å². The number of rotatable bonds is 3. The van der Waals surface area contributed by atoms with E-state index in [1.165, 1.54) is 22.3 Å². The average molecular weight is 343 g/mol. The maximum atomic E-state index is 11.8. The van der Waals surface area contributed by atoms with Crippen LogP contribution in [0.1, 0.15) is 47.4 Å². The molecule has 2 aromatic carbocycles. The van der Waals surface area contributed by atoms with E-state index < -0.39 is 6.04 Å². The minimum absolute atomic E-state index is 0. The Labute approximate surface area is 149 Å². The van der Waals surface area contributed by atoms with Crippen LogP contribution in [0.5, 0.6) is 0 Å². The van der Waals surface area contributed by atoms with Crippen molar-refractivity contribution in [1.29, 1.82) is 0 Å². The molecule has 2 aromatic rings. The van der Waals surface area contributed by atoms with E-state index in [-0.39, 0.29) is 18.3 Å². The van der Waals surface area contributed by atoms with Gasteiger partial charge in [0.25, 0.3) is 0 Å². The Kier molecular flexibility index (Phi) is 4.66. The van der Waals surface area contributed by atoms with Crippen molar-refractivity contribution in [2.45, 2.75) is 31.2 Å². The number of nitrogens with one attached hydrogen (secondary N) is 1. The lowest BCUT2D eigenvalue weighted by atomic mass is 9.59. The van der Waals surface area contributed by atoms with Crippen LogP contribution in [0.2, 0.25) is 0 Å². The van der Waals surface area contributed by atoms with Gasteiger partial charge in [-0.1, -0.05) is 48.5 Å². The number of benzene rings is 2. The molecule has 0 saturated heterocycles. The summed E-state index contributed by atoms with van der Waals surface area (Å²) in [5.41, 5.74) is 11.5. The highest BCUT2D eigenvalue weighted by Crippen LogP contribution is 2.54. The van der Waals surface area contributed by atoms with Crippen molar-refractivity contribution in [3.8, 4) is 0 Å². The monoisotopic (exact) mass is 342 g/mol. The topological polar surface area (TPSA) is 55.1 Å². The number of hydrogen-bond donors (Lipinski definition) is 2. The molecule has 4 heteroatoms. The second-order valence-electron chi connectivity index (χ2n) is 6.82. The number of amides is 1. The Morgan fingerprint density at radius 3 is 2.08 bits per heavy atom. The molecular formula is C20H23ClN2O. The van der Waals surface area contributed by atoms with Crippen molar-refractivity contribution in [3.63, 3.8) is 0 Å². The van der Waals surface area contributed by atoms with Gasteiger partial charge in [-0.15, -0.1) is 12.4 Å². The third kappa shape index (κ3) is 2.62. The number of nitrogens with two attached hydrogens (primary N) is 1. The first-order chi connectivity index (χ1) is 11.2. The van der Waals surface area contributed by atoms with Gasteiger partial charge in [0.1, 0.15) is 0 Å². The van der Waals surface area contributed by atoms with Crippen LogP contribution in [-0.4, -0.2) is 18.5 Å². The molecule has 5 rings (SSSR count). The molecule has 1 amide bonds. The number of carbonyl (C=O) groups excluding carboxylic acids is 1. The summed E-state index contributed by atoms with van der Waals surface area (Å²) in [5.74, 6) is 1.20. The number of carbonyl (C=O) groups is 1. The van der Waals surface area contributed by atoms with Crippen molar-refractivity contribution < 1.29 is 4.79 Å². The first-order valence-corrected chi connectivity index (χ1v) is 8.37. The van der Waals surface area contributed by atoms with Gasteiger partial charge in [-0.3, -0.25) is 4.79 Å². The standard InChI is InChI=1S/C20H22N2O.ClH/c1-12(21)20(23)22-11-13-10-18-14-6-2-4-8-16(14)19(13)17-9-5-3-7-15(17)18;/h2-9,12-13,18-19H,10-11,21H2,1H3,(H,22,23);1H/t12-,13?,18?,19?;/m1./s1. The number of halogens is 1. The van der Waals surface area contributed by atoms with E-state index in [4.69, 9.17) is 5.73 Å². The molecule has 1 unspecified atom stereocenters. The highest BCUT2D eigenvalue weighted by molar-refractivity contribution is 5.85. The van der Waals surface area contributed by atoms with Crippen LogP contribution in [0.4, 0.5) is 0 Å². The molecule has 0 aromatic heterocycles. The molecule has 0 fully saturated rings. The summed E-state index contributed by atoms with van der Waals surface area (Å²) in [4.78, 5) is 11.8. The minimum Gasteiger partial charge on any atom is -0.354 e. The van der Waals surface area contributed by atoms with Crippen LogP contribution in [0.15, 0.2) is 48.5 Å². The van der Waals surface area contributed by atoms with Gasteiger partial charge >= 0.3 is 0 Å². The number of hydrogen-bond acceptors (Lipinski definition) is 2. The Morgan fingerprint density at radius 2 is 1.58 bits per heavy atom. The molecule has 3 nitrogen and oxygen atoms in total. The van der Waals surface area contributed by atoms with E-state index in [0.29, 0.717) is 24.3 Å². The molecular weight excluding hydrogens is 320 g/mol. The normalized spacial score (nSPS) is 24.3. The van der Waals surface area contributed by atoms with Crippen molar-refractivity contribution in [1.82, 2.24) is 5.32 Å². The van der Waals surface area contributed by atoms with Gasteiger partial charge in [0.2, 0.25) is 5.91 Å². The summed E-state index contributed by atoms with van der Waals surface area (Å²) in [5, 5.41) is 3.03. The molecule has 0 heterocycles. The highest BCUT2D eigenvalue weighted by atomic mass is 35.5. The zero-order valence-corrected chi connectivity index (χ0v) is 14.6. The van der Waals surface area contributed by atoms with E-state index in [9.17, 15) is 4.79 Å². The van der Waals surface area contributed by atoms with Gasteiger partial charge < -0.3 is 11.1 Å². The van der Waals surface area contributed by atoms with Crippen LogP contribution < -0.4 is 11.1 Å². The second-order valence-corrected chi connectivity index (χ2v) is 6.82. The van der Waals surface area contributed by atoms with Crippen molar-refractivity contribution in [3.05, 3.63) is 70.8 Å². The van der Waals surface area contributed by atoms with Crippen molar-refractivity contribution >= 4 is 18.3 Å². The van der Waals surface area contributed by atoms with Gasteiger partial charge in [0.05, 0.1) is 6.04 Å². The van der Waals surface area contributed by atoms with Gasteiger partial charge in [-0.05, 0) is 41.5 Å². The molecule has 126 valence electrons. The van der Waals surface area contributed by atoms with Crippen molar-refractivity contribution in [2.24, 2.45) is 11.7 Å². The zero-order chi connectivity index (χ0) is 16.0. The van der Waals surface area contributed by atoms with Crippen LogP contribution in [0.25, 0.3) is 0 Å². The first kappa shape index (κ1) is 17.0. The Hall–Kier alpha value is -1.84. The second kappa shape index (κ2) is 6.58. The van der Waals surface area contributed by atoms with E-state index in [0.717, 1.165) is 6.42 Å². The molecule has 0 spiro atoms. The summed E-state index contributed by atoms with van der Waals surface area (Å²) < 4.78 is 0. The van der Waals surface area contributed by atoms with Crippen LogP contribution in [0, 0.1) is 5.92 Å². The summed E-state index contributed by atoms with van der Waals surface area (Å²) >= 11 is 0. The molecule has 0 aliphatic heterocycles. The fourth-order valence-corrected chi connectivity index (χ4v) is 4.35. The lowest BCUT2D eigenvalue weighted by Crippen LogP contribution is -2.44. The number of fused-ring (bicyclic) bond motifs is 1. The largest absolute Gasteiger partial charge is 0.354 e. The first-order valence-electron chi connectivity index (χ1n) is 8.37. The fourth-order valence-electron chi connectivity index (χ4n) is 4.35. The maximum absolute atomic E-state index is 11.8. The lowest BCUT2D eigenvalue weighted by molar-refractivity contribution is -0.122. The minimum atomic E-state index is -0.449. The quantitative estimate of drug-likeness (QED) is 0.900. The van der Waals surface area contributed by atoms with E-state index >= 15 is 0 Å². The fraction of sp³-hybridized carbons (Fsp3) is 0.350. The summed E-state index contributed by atoms with van der Waals surface area (Å²) in [7, 11) is 0. The Morgan fingerprint density at radius 1 is 1.08 bits per heavy atom. The van der Waals surface area contributed by atoms with Crippen LogP contribution in [0.3, 0.4) is 0 Å². The smallest absolute Gasteiger partial charge is 0.236 e. The average Bonchev–Trinajstić information content (AvgIpc) is 2.59. The molecule has 3 aliphatic rings. The highest BCUT2D eigenvalue weighted by Gasteiger charge is 2.42. The SMILES string of the molecule is C[C@@H](N)C(=O)NCC1CC2c3ccccc3C1c1ccccc12.Cl. The van der Waals surface area contributed by atoms with E-state index in [2.05, 4.69) is 53.8 Å². The third-order valence-corrected chi connectivity index (χ3v) is 5.37. The maximum Gasteiger partial charge on any atom is 0.236 e. The molecule has 0 radical (unpaired) electrons. The van der Waals surface area contributed by atoms with Gasteiger partial charge in [0.15, 0.2) is 0 Å². The molecule has 3 aliphatic carbocycles. The predicted octanol–water partition coefficient (Wildman–Crippen LogP) is 3.17. The van der Waals surface area contributed by atoms with Gasteiger partial charge in [-0.25, -0.2) is 0 Å².